The Balaban J connectivity index is 1.59. The molecule has 2 heterocycles. The molecule has 0 spiro atoms. The van der Waals surface area contributed by atoms with Gasteiger partial charge in [-0.15, -0.1) is 11.3 Å². The lowest BCUT2D eigenvalue weighted by atomic mass is 9.88. The van der Waals surface area contributed by atoms with E-state index in [-0.39, 0.29) is 5.91 Å². The molecule has 4 rings (SSSR count). The first-order valence-electron chi connectivity index (χ1n) is 8.17. The van der Waals surface area contributed by atoms with Crippen molar-refractivity contribution < 1.29 is 4.79 Å². The second-order valence-corrected chi connectivity index (χ2v) is 7.61. The first-order chi connectivity index (χ1) is 10.7. The minimum absolute atomic E-state index is 0.238. The van der Waals surface area contributed by atoms with Crippen molar-refractivity contribution in [3.63, 3.8) is 0 Å². The van der Waals surface area contributed by atoms with Gasteiger partial charge in [-0.25, -0.2) is 0 Å². The Bertz CT molecular complexity index is 718. The molecule has 1 aliphatic heterocycles. The van der Waals surface area contributed by atoms with Gasteiger partial charge in [0.15, 0.2) is 0 Å². The van der Waals surface area contributed by atoms with E-state index in [4.69, 9.17) is 0 Å². The Kier molecular flexibility index (Phi) is 3.53. The number of benzene rings is 1. The molecule has 0 fully saturated rings. The van der Waals surface area contributed by atoms with Crippen LogP contribution in [0.25, 0.3) is 0 Å². The molecule has 0 bridgehead atoms. The number of rotatable bonds is 1. The number of fused-ring (bicyclic) bond motifs is 2. The molecule has 3 heteroatoms. The maximum Gasteiger partial charge on any atom is 0.255 e. The fourth-order valence-corrected chi connectivity index (χ4v) is 4.93. The zero-order valence-corrected chi connectivity index (χ0v) is 13.8. The summed E-state index contributed by atoms with van der Waals surface area (Å²) >= 11 is 1.79. The predicted octanol–water partition coefficient (Wildman–Crippen LogP) is 4.07. The van der Waals surface area contributed by atoms with Gasteiger partial charge >= 0.3 is 0 Å². The van der Waals surface area contributed by atoms with Crippen LogP contribution in [0.5, 0.6) is 0 Å². The number of amides is 1. The van der Waals surface area contributed by atoms with E-state index in [1.165, 1.54) is 28.0 Å². The van der Waals surface area contributed by atoms with Crippen molar-refractivity contribution in [2.75, 3.05) is 6.54 Å². The van der Waals surface area contributed by atoms with E-state index in [1.807, 2.05) is 4.90 Å². The predicted molar refractivity (Wildman–Crippen MR) is 90.4 cm³/mol. The minimum atomic E-state index is 0.238. The fourth-order valence-electron chi connectivity index (χ4n) is 3.70. The molecule has 2 nitrogen and oxygen atoms in total. The van der Waals surface area contributed by atoms with Crippen LogP contribution in [0, 0.1) is 5.92 Å². The summed E-state index contributed by atoms with van der Waals surface area (Å²) in [6.07, 6.45) is 4.42. The van der Waals surface area contributed by atoms with E-state index in [9.17, 15) is 4.79 Å². The fraction of sp³-hybridized carbons (Fsp3) is 0.421. The van der Waals surface area contributed by atoms with Gasteiger partial charge in [-0.1, -0.05) is 31.2 Å². The summed E-state index contributed by atoms with van der Waals surface area (Å²) in [6.45, 7) is 3.92. The van der Waals surface area contributed by atoms with Crippen molar-refractivity contribution in [1.29, 1.82) is 0 Å². The highest BCUT2D eigenvalue weighted by Gasteiger charge is 2.27. The molecule has 1 aromatic heterocycles. The van der Waals surface area contributed by atoms with Gasteiger partial charge in [-0.05, 0) is 48.3 Å². The largest absolute Gasteiger partial charge is 0.334 e. The van der Waals surface area contributed by atoms with E-state index in [0.29, 0.717) is 0 Å². The number of hydrogen-bond acceptors (Lipinski definition) is 2. The number of carbonyl (C=O) groups is 1. The minimum Gasteiger partial charge on any atom is -0.334 e. The van der Waals surface area contributed by atoms with E-state index in [2.05, 4.69) is 36.6 Å². The van der Waals surface area contributed by atoms with Crippen molar-refractivity contribution >= 4 is 17.2 Å². The van der Waals surface area contributed by atoms with Gasteiger partial charge in [-0.2, -0.15) is 0 Å². The van der Waals surface area contributed by atoms with Crippen LogP contribution in [0.15, 0.2) is 29.6 Å². The Morgan fingerprint density at radius 3 is 2.91 bits per heavy atom. The Morgan fingerprint density at radius 2 is 2.05 bits per heavy atom. The molecule has 114 valence electrons. The summed E-state index contributed by atoms with van der Waals surface area (Å²) in [5.74, 6) is 0.998. The summed E-state index contributed by atoms with van der Waals surface area (Å²) in [6, 6.07) is 8.50. The van der Waals surface area contributed by atoms with Crippen LogP contribution in [0.4, 0.5) is 0 Å². The third kappa shape index (κ3) is 2.38. The molecule has 1 amide bonds. The van der Waals surface area contributed by atoms with E-state index >= 15 is 0 Å². The van der Waals surface area contributed by atoms with Gasteiger partial charge in [0.05, 0.1) is 5.56 Å². The zero-order chi connectivity index (χ0) is 15.1. The molecule has 22 heavy (non-hydrogen) atoms. The van der Waals surface area contributed by atoms with Crippen molar-refractivity contribution in [2.24, 2.45) is 5.92 Å². The molecule has 0 saturated heterocycles. The molecule has 1 aliphatic carbocycles. The highest BCUT2D eigenvalue weighted by atomic mass is 32.1. The normalized spacial score (nSPS) is 20.4. The summed E-state index contributed by atoms with van der Waals surface area (Å²) in [5.41, 5.74) is 5.02. The van der Waals surface area contributed by atoms with Gasteiger partial charge in [0.25, 0.3) is 5.91 Å². The SMILES string of the molecule is C[C@H]1CCc2c(C(=O)N3CCc4ccccc4C3)csc2C1. The van der Waals surface area contributed by atoms with Crippen molar-refractivity contribution in [3.8, 4) is 0 Å². The Labute approximate surface area is 135 Å². The van der Waals surface area contributed by atoms with Crippen molar-refractivity contribution in [2.45, 2.75) is 39.2 Å². The molecule has 1 aromatic carbocycles. The Hall–Kier alpha value is -1.61. The van der Waals surface area contributed by atoms with Gasteiger partial charge in [-0.3, -0.25) is 4.79 Å². The lowest BCUT2D eigenvalue weighted by Gasteiger charge is -2.29. The topological polar surface area (TPSA) is 20.3 Å². The quantitative estimate of drug-likeness (QED) is 0.777. The highest BCUT2D eigenvalue weighted by Crippen LogP contribution is 2.34. The maximum absolute atomic E-state index is 13.0. The van der Waals surface area contributed by atoms with Crippen molar-refractivity contribution in [3.05, 3.63) is 56.8 Å². The van der Waals surface area contributed by atoms with Gasteiger partial charge < -0.3 is 4.90 Å². The number of nitrogens with zero attached hydrogens (tertiary/aromatic N) is 1. The second-order valence-electron chi connectivity index (χ2n) is 6.64. The molecule has 0 N–H and O–H groups in total. The lowest BCUT2D eigenvalue weighted by molar-refractivity contribution is 0.0734. The van der Waals surface area contributed by atoms with E-state index in [0.717, 1.165) is 43.8 Å². The van der Waals surface area contributed by atoms with Crippen LogP contribution in [0.2, 0.25) is 0 Å². The molecule has 2 aromatic rings. The molecular weight excluding hydrogens is 290 g/mol. The van der Waals surface area contributed by atoms with E-state index < -0.39 is 0 Å². The maximum atomic E-state index is 13.0. The molecular formula is C19H21NOS. The first kappa shape index (κ1) is 14.0. The smallest absolute Gasteiger partial charge is 0.255 e. The third-order valence-corrected chi connectivity index (χ3v) is 6.10. The van der Waals surface area contributed by atoms with Crippen LogP contribution in [-0.4, -0.2) is 17.4 Å². The molecule has 0 unspecified atom stereocenters. The summed E-state index contributed by atoms with van der Waals surface area (Å²) in [5, 5.41) is 2.10. The summed E-state index contributed by atoms with van der Waals surface area (Å²) in [7, 11) is 0. The average Bonchev–Trinajstić information content (AvgIpc) is 2.96. The number of thiophene rings is 1. The second kappa shape index (κ2) is 5.54. The van der Waals surface area contributed by atoms with Gasteiger partial charge in [0.2, 0.25) is 0 Å². The summed E-state index contributed by atoms with van der Waals surface area (Å²) in [4.78, 5) is 16.4. The van der Waals surface area contributed by atoms with Crippen LogP contribution >= 0.6 is 11.3 Å². The third-order valence-electron chi connectivity index (χ3n) is 5.05. The van der Waals surface area contributed by atoms with Crippen LogP contribution in [0.1, 0.15) is 45.3 Å². The molecule has 2 aliphatic rings. The molecule has 1 atom stereocenters. The first-order valence-corrected chi connectivity index (χ1v) is 9.05. The van der Waals surface area contributed by atoms with Crippen LogP contribution in [0.3, 0.4) is 0 Å². The van der Waals surface area contributed by atoms with Crippen molar-refractivity contribution in [1.82, 2.24) is 4.90 Å². The van der Waals surface area contributed by atoms with E-state index in [1.54, 1.807) is 11.3 Å². The standard InChI is InChI=1S/C19H21NOS/c1-13-6-7-16-17(12-22-18(16)10-13)19(21)20-9-8-14-4-2-3-5-15(14)11-20/h2-5,12-13H,6-11H2,1H3/t13-/m0/s1. The van der Waals surface area contributed by atoms with Crippen LogP contribution < -0.4 is 0 Å². The van der Waals surface area contributed by atoms with Gasteiger partial charge in [0, 0.05) is 23.3 Å². The molecule has 0 saturated carbocycles. The number of hydrogen-bond donors (Lipinski definition) is 0. The zero-order valence-electron chi connectivity index (χ0n) is 13.0. The number of carbonyl (C=O) groups excluding carboxylic acids is 1. The molecule has 0 radical (unpaired) electrons. The van der Waals surface area contributed by atoms with Crippen LogP contribution in [-0.2, 0) is 25.8 Å². The monoisotopic (exact) mass is 311 g/mol. The summed E-state index contributed by atoms with van der Waals surface area (Å²) < 4.78 is 0. The lowest BCUT2D eigenvalue weighted by Crippen LogP contribution is -2.36. The highest BCUT2D eigenvalue weighted by molar-refractivity contribution is 7.10. The average molecular weight is 311 g/mol. The Morgan fingerprint density at radius 1 is 1.23 bits per heavy atom. The van der Waals surface area contributed by atoms with Gasteiger partial charge in [0.1, 0.15) is 0 Å².